The largest absolute Gasteiger partial charge is 0.493 e. The number of hydrogen-bond acceptors (Lipinski definition) is 7. The number of fused-ring (bicyclic) bond motifs is 2. The van der Waals surface area contributed by atoms with E-state index in [0.717, 1.165) is 48.1 Å². The van der Waals surface area contributed by atoms with Gasteiger partial charge in [0.25, 0.3) is 17.7 Å². The molecule has 1 fully saturated rings. The number of pyridine rings is 1. The summed E-state index contributed by atoms with van der Waals surface area (Å²) in [7, 11) is 1.62. The Kier molecular flexibility index (Phi) is 6.40. The van der Waals surface area contributed by atoms with Crippen molar-refractivity contribution in [2.45, 2.75) is 51.4 Å². The summed E-state index contributed by atoms with van der Waals surface area (Å²) in [5, 5.41) is 0. The van der Waals surface area contributed by atoms with Crippen molar-refractivity contribution < 1.29 is 23.9 Å². The highest BCUT2D eigenvalue weighted by molar-refractivity contribution is 6.10. The molecule has 1 aromatic heterocycles. The van der Waals surface area contributed by atoms with E-state index >= 15 is 0 Å². The van der Waals surface area contributed by atoms with Crippen LogP contribution in [0.2, 0.25) is 0 Å². The van der Waals surface area contributed by atoms with Crippen molar-refractivity contribution in [1.29, 1.82) is 0 Å². The number of ether oxygens (including phenoxy) is 2. The van der Waals surface area contributed by atoms with Gasteiger partial charge in [-0.2, -0.15) is 0 Å². The van der Waals surface area contributed by atoms with Crippen LogP contribution >= 0.6 is 0 Å². The SMILES string of the molecule is COc1ccc(N2Cc3ccc(CN4Cc5cnc(C(=O)NN)cc5C4=O)cc3C2=O)cc1OC1CCCC1. The van der Waals surface area contributed by atoms with Crippen molar-refractivity contribution in [2.75, 3.05) is 12.0 Å². The molecule has 3 heterocycles. The van der Waals surface area contributed by atoms with Gasteiger partial charge in [-0.05, 0) is 61.1 Å². The standard InChI is InChI=1S/C29H29N5O5/c1-38-25-9-8-20(11-26(25)39-21-4-2-3-5-21)34-16-18-7-6-17(10-22(18)29(34)37)14-33-15-19-13-31-24(27(35)32-30)12-23(19)28(33)36/h6-13,21H,2-5,14-16,30H2,1H3,(H,32,35). The highest BCUT2D eigenvalue weighted by atomic mass is 16.5. The first-order valence-corrected chi connectivity index (χ1v) is 13.0. The molecule has 39 heavy (non-hydrogen) atoms. The second-order valence-electron chi connectivity index (χ2n) is 10.1. The summed E-state index contributed by atoms with van der Waals surface area (Å²) in [5.41, 5.74) is 6.44. The Morgan fingerprint density at radius 3 is 2.56 bits per heavy atom. The lowest BCUT2D eigenvalue weighted by molar-refractivity contribution is 0.0766. The molecule has 0 bridgehead atoms. The quantitative estimate of drug-likeness (QED) is 0.274. The maximum Gasteiger partial charge on any atom is 0.283 e. The van der Waals surface area contributed by atoms with E-state index in [1.807, 2.05) is 41.8 Å². The van der Waals surface area contributed by atoms with E-state index < -0.39 is 5.91 Å². The first-order chi connectivity index (χ1) is 18.9. The van der Waals surface area contributed by atoms with Gasteiger partial charge in [0.1, 0.15) is 5.69 Å². The third-order valence-electron chi connectivity index (χ3n) is 7.64. The van der Waals surface area contributed by atoms with Crippen molar-refractivity contribution in [3.05, 3.63) is 82.2 Å². The Hall–Kier alpha value is -4.44. The maximum atomic E-state index is 13.5. The van der Waals surface area contributed by atoms with Crippen molar-refractivity contribution in [2.24, 2.45) is 5.84 Å². The molecule has 10 nitrogen and oxygen atoms in total. The molecule has 6 rings (SSSR count). The molecule has 10 heteroatoms. The average molecular weight is 528 g/mol. The summed E-state index contributed by atoms with van der Waals surface area (Å²) in [5.74, 6) is 5.65. The number of carbonyl (C=O) groups is 3. The minimum Gasteiger partial charge on any atom is -0.493 e. The van der Waals surface area contributed by atoms with Gasteiger partial charge in [-0.25, -0.2) is 5.84 Å². The van der Waals surface area contributed by atoms with Gasteiger partial charge in [-0.3, -0.25) is 24.8 Å². The van der Waals surface area contributed by atoms with Gasteiger partial charge in [-0.1, -0.05) is 12.1 Å². The van der Waals surface area contributed by atoms with Crippen LogP contribution < -0.4 is 25.6 Å². The zero-order valence-corrected chi connectivity index (χ0v) is 21.6. The molecule has 0 saturated heterocycles. The number of nitrogen functional groups attached to an aromatic ring is 1. The number of amides is 3. The fourth-order valence-corrected chi connectivity index (χ4v) is 5.57. The molecular weight excluding hydrogens is 498 g/mol. The smallest absolute Gasteiger partial charge is 0.283 e. The summed E-state index contributed by atoms with van der Waals surface area (Å²) in [6.07, 6.45) is 6.07. The summed E-state index contributed by atoms with van der Waals surface area (Å²) in [6, 6.07) is 12.8. The van der Waals surface area contributed by atoms with E-state index in [9.17, 15) is 14.4 Å². The number of hydrazine groups is 1. The van der Waals surface area contributed by atoms with Crippen molar-refractivity contribution in [3.63, 3.8) is 0 Å². The van der Waals surface area contributed by atoms with Crippen LogP contribution in [0.15, 0.2) is 48.7 Å². The Morgan fingerprint density at radius 1 is 1.00 bits per heavy atom. The molecule has 200 valence electrons. The van der Waals surface area contributed by atoms with Gasteiger partial charge in [0.15, 0.2) is 11.5 Å². The number of rotatable bonds is 7. The number of nitrogens with zero attached hydrogens (tertiary/aromatic N) is 3. The van der Waals surface area contributed by atoms with Crippen LogP contribution in [0.4, 0.5) is 5.69 Å². The second kappa shape index (κ2) is 10.0. The van der Waals surface area contributed by atoms with E-state index in [1.165, 1.54) is 12.3 Å². The minimum absolute atomic E-state index is 0.0880. The van der Waals surface area contributed by atoms with Crippen LogP contribution in [-0.4, -0.2) is 40.8 Å². The van der Waals surface area contributed by atoms with Crippen LogP contribution in [0.25, 0.3) is 0 Å². The highest BCUT2D eigenvalue weighted by Gasteiger charge is 2.32. The fourth-order valence-electron chi connectivity index (χ4n) is 5.57. The number of carbonyl (C=O) groups excluding carboxylic acids is 3. The molecule has 0 atom stereocenters. The zero-order chi connectivity index (χ0) is 27.1. The predicted octanol–water partition coefficient (Wildman–Crippen LogP) is 3.33. The van der Waals surface area contributed by atoms with E-state index in [-0.39, 0.29) is 23.6 Å². The number of anilines is 1. The van der Waals surface area contributed by atoms with E-state index in [0.29, 0.717) is 42.3 Å². The molecule has 0 radical (unpaired) electrons. The minimum atomic E-state index is -0.556. The number of aromatic nitrogens is 1. The lowest BCUT2D eigenvalue weighted by Crippen LogP contribution is -2.31. The Bertz CT molecular complexity index is 1480. The fraction of sp³-hybridized carbons (Fsp3) is 0.310. The zero-order valence-electron chi connectivity index (χ0n) is 21.6. The second-order valence-corrected chi connectivity index (χ2v) is 10.1. The molecular formula is C29H29N5O5. The molecule has 3 N–H and O–H groups in total. The topological polar surface area (TPSA) is 127 Å². The number of hydrogen-bond donors (Lipinski definition) is 2. The molecule has 3 aromatic rings. The number of nitrogens with two attached hydrogens (primary N) is 1. The van der Waals surface area contributed by atoms with E-state index in [4.69, 9.17) is 15.3 Å². The molecule has 0 unspecified atom stereocenters. The predicted molar refractivity (Wildman–Crippen MR) is 142 cm³/mol. The Balaban J connectivity index is 1.19. The molecule has 3 amide bonds. The lowest BCUT2D eigenvalue weighted by atomic mass is 10.1. The lowest BCUT2D eigenvalue weighted by Gasteiger charge is -2.20. The number of methoxy groups -OCH3 is 1. The summed E-state index contributed by atoms with van der Waals surface area (Å²) >= 11 is 0. The average Bonchev–Trinajstić information content (AvgIpc) is 3.67. The van der Waals surface area contributed by atoms with Crippen LogP contribution in [0, 0.1) is 0 Å². The summed E-state index contributed by atoms with van der Waals surface area (Å²) in [6.45, 7) is 1.16. The third kappa shape index (κ3) is 4.57. The summed E-state index contributed by atoms with van der Waals surface area (Å²) in [4.78, 5) is 45.9. The number of benzene rings is 2. The van der Waals surface area contributed by atoms with Crippen molar-refractivity contribution >= 4 is 23.4 Å². The molecule has 1 saturated carbocycles. The van der Waals surface area contributed by atoms with Gasteiger partial charge in [0, 0.05) is 47.7 Å². The van der Waals surface area contributed by atoms with Gasteiger partial charge in [-0.15, -0.1) is 0 Å². The van der Waals surface area contributed by atoms with Gasteiger partial charge in [0.2, 0.25) is 0 Å². The molecule has 0 spiro atoms. The monoisotopic (exact) mass is 527 g/mol. The summed E-state index contributed by atoms with van der Waals surface area (Å²) < 4.78 is 11.7. The molecule has 2 aliphatic heterocycles. The van der Waals surface area contributed by atoms with Crippen LogP contribution in [0.5, 0.6) is 11.5 Å². The van der Waals surface area contributed by atoms with Crippen LogP contribution in [-0.2, 0) is 19.6 Å². The highest BCUT2D eigenvalue weighted by Crippen LogP contribution is 2.38. The first kappa shape index (κ1) is 24.9. The van der Waals surface area contributed by atoms with Gasteiger partial charge >= 0.3 is 0 Å². The Morgan fingerprint density at radius 2 is 1.79 bits per heavy atom. The van der Waals surface area contributed by atoms with Gasteiger partial charge in [0.05, 0.1) is 19.8 Å². The van der Waals surface area contributed by atoms with Crippen molar-refractivity contribution in [1.82, 2.24) is 15.3 Å². The molecule has 2 aromatic carbocycles. The van der Waals surface area contributed by atoms with Crippen LogP contribution in [0.1, 0.15) is 73.6 Å². The normalized spacial score (nSPS) is 16.5. The van der Waals surface area contributed by atoms with E-state index in [1.54, 1.807) is 16.9 Å². The van der Waals surface area contributed by atoms with Crippen molar-refractivity contribution in [3.8, 4) is 11.5 Å². The van der Waals surface area contributed by atoms with E-state index in [2.05, 4.69) is 4.98 Å². The van der Waals surface area contributed by atoms with Gasteiger partial charge < -0.3 is 19.3 Å². The first-order valence-electron chi connectivity index (χ1n) is 13.0. The Labute approximate surface area is 225 Å². The number of nitrogens with one attached hydrogen (secondary N) is 1. The maximum absolute atomic E-state index is 13.5. The van der Waals surface area contributed by atoms with Crippen LogP contribution in [0.3, 0.4) is 0 Å². The molecule has 1 aliphatic carbocycles. The molecule has 3 aliphatic rings. The third-order valence-corrected chi connectivity index (χ3v) is 7.64.